The molecule has 1 heterocycles. The Morgan fingerprint density at radius 2 is 1.74 bits per heavy atom. The highest BCUT2D eigenvalue weighted by molar-refractivity contribution is 9.11. The maximum Gasteiger partial charge on any atom is 0.265 e. The monoisotopic (exact) mass is 489 g/mol. The second kappa shape index (κ2) is 7.24. The van der Waals surface area contributed by atoms with Gasteiger partial charge in [0.1, 0.15) is 5.75 Å². The topological polar surface area (TPSA) is 57.6 Å². The largest absolute Gasteiger partial charge is 0.506 e. The maximum absolute atomic E-state index is 13.2. The smallest absolute Gasteiger partial charge is 0.265 e. The highest BCUT2D eigenvalue weighted by Gasteiger charge is 2.39. The second-order valence-corrected chi connectivity index (χ2v) is 8.58. The first kappa shape index (κ1) is 18.4. The van der Waals surface area contributed by atoms with E-state index in [1.807, 2.05) is 24.3 Å². The van der Waals surface area contributed by atoms with Gasteiger partial charge in [-0.3, -0.25) is 9.59 Å². The number of nitrogens with zero attached hydrogens (tertiary/aromatic N) is 1. The molecule has 1 aliphatic heterocycles. The average Bonchev–Trinajstić information content (AvgIpc) is 3.27. The van der Waals surface area contributed by atoms with Gasteiger partial charge in [0.15, 0.2) is 0 Å². The first-order valence-corrected chi connectivity index (χ1v) is 10.4. The van der Waals surface area contributed by atoms with Crippen molar-refractivity contribution in [3.63, 3.8) is 0 Å². The van der Waals surface area contributed by atoms with Crippen LogP contribution in [0.25, 0.3) is 11.6 Å². The van der Waals surface area contributed by atoms with Gasteiger partial charge < -0.3 is 5.11 Å². The van der Waals surface area contributed by atoms with Crippen molar-refractivity contribution in [2.75, 3.05) is 4.90 Å². The van der Waals surface area contributed by atoms with Crippen molar-refractivity contribution in [3.8, 4) is 5.75 Å². The summed E-state index contributed by atoms with van der Waals surface area (Å²) in [5.41, 5.74) is 2.65. The van der Waals surface area contributed by atoms with E-state index in [0.29, 0.717) is 20.2 Å². The van der Waals surface area contributed by atoms with Crippen LogP contribution in [-0.2, 0) is 9.59 Å². The quantitative estimate of drug-likeness (QED) is 0.445. The molecule has 4 rings (SSSR count). The van der Waals surface area contributed by atoms with Crippen LogP contribution < -0.4 is 4.90 Å². The predicted octanol–water partition coefficient (Wildman–Crippen LogP) is 5.52. The molecule has 0 atom stereocenters. The number of para-hydroxylation sites is 1. The van der Waals surface area contributed by atoms with E-state index in [2.05, 4.69) is 31.9 Å². The molecule has 0 radical (unpaired) electrons. The van der Waals surface area contributed by atoms with Crippen LogP contribution >= 0.6 is 31.9 Å². The summed E-state index contributed by atoms with van der Waals surface area (Å²) in [5.74, 6) is -0.346. The lowest BCUT2D eigenvalue weighted by Gasteiger charge is -2.19. The summed E-state index contributed by atoms with van der Waals surface area (Å²) >= 11 is 6.63. The van der Waals surface area contributed by atoms with Gasteiger partial charge in [0, 0.05) is 11.5 Å². The molecule has 1 N–H and O–H groups in total. The minimum atomic E-state index is -0.284. The number of imide groups is 1. The van der Waals surface area contributed by atoms with Crippen LogP contribution in [0, 0.1) is 5.92 Å². The number of anilines is 1. The Kier molecular flexibility index (Phi) is 4.95. The molecule has 1 fully saturated rings. The van der Waals surface area contributed by atoms with Crippen molar-refractivity contribution in [1.29, 1.82) is 0 Å². The van der Waals surface area contributed by atoms with Crippen LogP contribution in [0.4, 0.5) is 5.69 Å². The highest BCUT2D eigenvalue weighted by atomic mass is 79.9. The molecule has 2 amide bonds. The molecule has 4 nitrogen and oxygen atoms in total. The van der Waals surface area contributed by atoms with E-state index in [0.717, 1.165) is 36.8 Å². The number of phenolic OH excluding ortho intramolecular Hbond substituents is 1. The Balaban J connectivity index is 1.78. The first-order chi connectivity index (χ1) is 13.0. The zero-order valence-corrected chi connectivity index (χ0v) is 17.6. The second-order valence-electron chi connectivity index (χ2n) is 6.87. The van der Waals surface area contributed by atoms with Crippen molar-refractivity contribution >= 4 is 61.0 Å². The Morgan fingerprint density at radius 3 is 2.41 bits per heavy atom. The third-order valence-corrected chi connectivity index (χ3v) is 6.35. The minimum absolute atomic E-state index is 0.0710. The van der Waals surface area contributed by atoms with Crippen molar-refractivity contribution in [3.05, 3.63) is 56.5 Å². The van der Waals surface area contributed by atoms with Crippen molar-refractivity contribution < 1.29 is 14.7 Å². The normalized spacial score (nSPS) is 18.4. The molecule has 2 aromatic rings. The maximum atomic E-state index is 13.2. The molecular formula is C21H17Br2NO3. The van der Waals surface area contributed by atoms with E-state index >= 15 is 0 Å². The summed E-state index contributed by atoms with van der Waals surface area (Å²) in [4.78, 5) is 27.5. The van der Waals surface area contributed by atoms with Gasteiger partial charge in [-0.1, -0.05) is 31.0 Å². The van der Waals surface area contributed by atoms with Crippen LogP contribution in [0.2, 0.25) is 0 Å². The summed E-state index contributed by atoms with van der Waals surface area (Å²) < 4.78 is 1.06. The lowest BCUT2D eigenvalue weighted by molar-refractivity contribution is -0.126. The fraction of sp³-hybridized carbons (Fsp3) is 0.238. The zero-order valence-electron chi connectivity index (χ0n) is 14.4. The lowest BCUT2D eigenvalue weighted by Crippen LogP contribution is -2.37. The standard InChI is InChI=1S/C21H17Br2NO3/c22-16-10-12(11-17(23)19(16)25)9-15-14-7-3-4-8-18(14)24(21(15)27)20(26)13-5-1-2-6-13/h3-4,7-11,13,25H,1-2,5-6H2. The summed E-state index contributed by atoms with van der Waals surface area (Å²) in [6, 6.07) is 10.9. The zero-order chi connectivity index (χ0) is 19.1. The van der Waals surface area contributed by atoms with Crippen LogP contribution in [0.15, 0.2) is 45.3 Å². The SMILES string of the molecule is O=C1C(=Cc2cc(Br)c(O)c(Br)c2)c2ccccc2N1C(=O)C1CCCC1. The third-order valence-electron chi connectivity index (χ3n) is 5.14. The van der Waals surface area contributed by atoms with E-state index in [9.17, 15) is 14.7 Å². The summed E-state index contributed by atoms with van der Waals surface area (Å²) in [6.45, 7) is 0. The van der Waals surface area contributed by atoms with Gasteiger partial charge in [-0.2, -0.15) is 0 Å². The summed E-state index contributed by atoms with van der Waals surface area (Å²) in [7, 11) is 0. The van der Waals surface area contributed by atoms with Crippen LogP contribution in [-0.4, -0.2) is 16.9 Å². The van der Waals surface area contributed by atoms with E-state index in [1.165, 1.54) is 4.90 Å². The van der Waals surface area contributed by atoms with Gasteiger partial charge in [0.25, 0.3) is 5.91 Å². The fourth-order valence-corrected chi connectivity index (χ4v) is 5.01. The molecule has 2 aliphatic rings. The van der Waals surface area contributed by atoms with Gasteiger partial charge in [0.2, 0.25) is 5.91 Å². The van der Waals surface area contributed by atoms with E-state index in [-0.39, 0.29) is 23.5 Å². The van der Waals surface area contributed by atoms with Gasteiger partial charge in [-0.15, -0.1) is 0 Å². The van der Waals surface area contributed by atoms with E-state index in [4.69, 9.17) is 0 Å². The number of hydrogen-bond donors (Lipinski definition) is 1. The number of carbonyl (C=O) groups is 2. The fourth-order valence-electron chi connectivity index (χ4n) is 3.79. The number of aromatic hydroxyl groups is 1. The molecule has 0 saturated heterocycles. The van der Waals surface area contributed by atoms with Crippen molar-refractivity contribution in [2.45, 2.75) is 25.7 Å². The molecule has 0 unspecified atom stereocenters. The lowest BCUT2D eigenvalue weighted by atomic mass is 10.0. The van der Waals surface area contributed by atoms with E-state index in [1.54, 1.807) is 18.2 Å². The van der Waals surface area contributed by atoms with Gasteiger partial charge in [-0.25, -0.2) is 4.90 Å². The van der Waals surface area contributed by atoms with Gasteiger partial charge >= 0.3 is 0 Å². The molecule has 6 heteroatoms. The molecular weight excluding hydrogens is 474 g/mol. The van der Waals surface area contributed by atoms with Crippen molar-refractivity contribution in [2.24, 2.45) is 5.92 Å². The Bertz CT molecular complexity index is 954. The van der Waals surface area contributed by atoms with Gasteiger partial charge in [-0.05, 0) is 74.5 Å². The Hall–Kier alpha value is -1.92. The number of fused-ring (bicyclic) bond motifs is 1. The molecule has 0 bridgehead atoms. The molecule has 1 aliphatic carbocycles. The van der Waals surface area contributed by atoms with Crippen LogP contribution in [0.5, 0.6) is 5.75 Å². The molecule has 2 aromatic carbocycles. The molecule has 0 aromatic heterocycles. The molecule has 0 spiro atoms. The summed E-state index contributed by atoms with van der Waals surface area (Å²) in [5, 5.41) is 9.90. The van der Waals surface area contributed by atoms with Crippen LogP contribution in [0.1, 0.15) is 36.8 Å². The number of rotatable bonds is 2. The Labute approximate surface area is 174 Å². The molecule has 27 heavy (non-hydrogen) atoms. The van der Waals surface area contributed by atoms with E-state index < -0.39 is 0 Å². The number of halogens is 2. The number of carbonyl (C=O) groups excluding carboxylic acids is 2. The third kappa shape index (κ3) is 3.25. The number of phenols is 1. The minimum Gasteiger partial charge on any atom is -0.506 e. The Morgan fingerprint density at radius 1 is 1.11 bits per heavy atom. The average molecular weight is 491 g/mol. The van der Waals surface area contributed by atoms with Gasteiger partial charge in [0.05, 0.1) is 20.2 Å². The number of benzene rings is 2. The summed E-state index contributed by atoms with van der Waals surface area (Å²) in [6.07, 6.45) is 5.54. The first-order valence-electron chi connectivity index (χ1n) is 8.85. The predicted molar refractivity (Wildman–Crippen MR) is 112 cm³/mol. The molecule has 138 valence electrons. The van der Waals surface area contributed by atoms with Crippen LogP contribution in [0.3, 0.4) is 0 Å². The van der Waals surface area contributed by atoms with Crippen molar-refractivity contribution in [1.82, 2.24) is 0 Å². The number of amides is 2. The number of hydrogen-bond acceptors (Lipinski definition) is 3. The molecule has 1 saturated carbocycles. The highest BCUT2D eigenvalue weighted by Crippen LogP contribution is 2.41.